The lowest BCUT2D eigenvalue weighted by Gasteiger charge is -2.11. The standard InChI is InChI=1S/C16H17NO3/c1-17-10-14-4-2-3-5-15(14)20-11-12-6-8-13(9-7-12)16(18)19/h2-9,17H,10-11H2,1H3,(H,18,19). The maximum atomic E-state index is 10.8. The van der Waals surface area contributed by atoms with Gasteiger partial charge in [-0.25, -0.2) is 4.79 Å². The maximum Gasteiger partial charge on any atom is 0.335 e. The molecule has 0 amide bonds. The molecular weight excluding hydrogens is 254 g/mol. The Morgan fingerprint density at radius 2 is 1.85 bits per heavy atom. The molecular formula is C16H17NO3. The molecule has 0 heterocycles. The number of rotatable bonds is 6. The minimum absolute atomic E-state index is 0.282. The predicted octanol–water partition coefficient (Wildman–Crippen LogP) is 2.68. The van der Waals surface area contributed by atoms with Crippen LogP contribution in [0.5, 0.6) is 5.75 Å². The zero-order valence-corrected chi connectivity index (χ0v) is 11.3. The quantitative estimate of drug-likeness (QED) is 0.848. The van der Waals surface area contributed by atoms with Gasteiger partial charge in [-0.05, 0) is 30.8 Å². The van der Waals surface area contributed by atoms with E-state index in [2.05, 4.69) is 5.32 Å². The summed E-state index contributed by atoms with van der Waals surface area (Å²) in [4.78, 5) is 10.8. The molecule has 0 spiro atoms. The van der Waals surface area contributed by atoms with Crippen molar-refractivity contribution in [3.8, 4) is 5.75 Å². The molecule has 0 unspecified atom stereocenters. The van der Waals surface area contributed by atoms with Crippen LogP contribution in [0.1, 0.15) is 21.5 Å². The van der Waals surface area contributed by atoms with Crippen molar-refractivity contribution < 1.29 is 14.6 Å². The van der Waals surface area contributed by atoms with Crippen LogP contribution in [0.3, 0.4) is 0 Å². The molecule has 2 aromatic rings. The fourth-order valence-electron chi connectivity index (χ4n) is 1.89. The summed E-state index contributed by atoms with van der Waals surface area (Å²) in [6, 6.07) is 14.6. The van der Waals surface area contributed by atoms with Gasteiger partial charge in [0.25, 0.3) is 0 Å². The van der Waals surface area contributed by atoms with Crippen molar-refractivity contribution in [1.29, 1.82) is 0 Å². The number of para-hydroxylation sites is 1. The summed E-state index contributed by atoms with van der Waals surface area (Å²) in [5.41, 5.74) is 2.32. The lowest BCUT2D eigenvalue weighted by atomic mass is 10.1. The van der Waals surface area contributed by atoms with Crippen LogP contribution >= 0.6 is 0 Å². The third-order valence-electron chi connectivity index (χ3n) is 2.94. The van der Waals surface area contributed by atoms with Crippen molar-refractivity contribution >= 4 is 5.97 Å². The van der Waals surface area contributed by atoms with Crippen molar-refractivity contribution in [2.45, 2.75) is 13.2 Å². The second-order valence-electron chi connectivity index (χ2n) is 4.43. The zero-order chi connectivity index (χ0) is 14.4. The Kier molecular flexibility index (Phi) is 4.74. The van der Waals surface area contributed by atoms with Gasteiger partial charge in [-0.1, -0.05) is 30.3 Å². The maximum absolute atomic E-state index is 10.8. The summed E-state index contributed by atoms with van der Waals surface area (Å²) < 4.78 is 5.79. The van der Waals surface area contributed by atoms with Gasteiger partial charge in [-0.15, -0.1) is 0 Å². The summed E-state index contributed by atoms with van der Waals surface area (Å²) in [7, 11) is 1.89. The van der Waals surface area contributed by atoms with E-state index >= 15 is 0 Å². The number of ether oxygens (including phenoxy) is 1. The lowest BCUT2D eigenvalue weighted by molar-refractivity contribution is 0.0697. The fraction of sp³-hybridized carbons (Fsp3) is 0.188. The lowest BCUT2D eigenvalue weighted by Crippen LogP contribution is -2.07. The monoisotopic (exact) mass is 271 g/mol. The highest BCUT2D eigenvalue weighted by atomic mass is 16.5. The van der Waals surface area contributed by atoms with Gasteiger partial charge in [-0.2, -0.15) is 0 Å². The van der Waals surface area contributed by atoms with E-state index < -0.39 is 5.97 Å². The van der Waals surface area contributed by atoms with E-state index in [4.69, 9.17) is 9.84 Å². The summed E-state index contributed by atoms with van der Waals surface area (Å²) in [6.07, 6.45) is 0. The van der Waals surface area contributed by atoms with Gasteiger partial charge >= 0.3 is 5.97 Å². The highest BCUT2D eigenvalue weighted by Crippen LogP contribution is 2.19. The van der Waals surface area contributed by atoms with Crippen LogP contribution < -0.4 is 10.1 Å². The molecule has 0 saturated heterocycles. The third-order valence-corrected chi connectivity index (χ3v) is 2.94. The predicted molar refractivity (Wildman–Crippen MR) is 76.9 cm³/mol. The number of aromatic carboxylic acids is 1. The molecule has 2 rings (SSSR count). The summed E-state index contributed by atoms with van der Waals surface area (Å²) in [6.45, 7) is 1.16. The van der Waals surface area contributed by atoms with Gasteiger partial charge in [0, 0.05) is 12.1 Å². The van der Waals surface area contributed by atoms with E-state index in [0.717, 1.165) is 23.4 Å². The first kappa shape index (κ1) is 14.1. The van der Waals surface area contributed by atoms with E-state index in [0.29, 0.717) is 6.61 Å². The van der Waals surface area contributed by atoms with Crippen molar-refractivity contribution in [1.82, 2.24) is 5.32 Å². The molecule has 4 heteroatoms. The molecule has 0 saturated carbocycles. The summed E-state index contributed by atoms with van der Waals surface area (Å²) >= 11 is 0. The van der Waals surface area contributed by atoms with Crippen molar-refractivity contribution in [2.24, 2.45) is 0 Å². The fourth-order valence-corrected chi connectivity index (χ4v) is 1.89. The summed E-state index contributed by atoms with van der Waals surface area (Å²) in [5, 5.41) is 11.9. The second kappa shape index (κ2) is 6.73. The highest BCUT2D eigenvalue weighted by Gasteiger charge is 2.04. The van der Waals surface area contributed by atoms with Crippen LogP contribution in [0.15, 0.2) is 48.5 Å². The van der Waals surface area contributed by atoms with Crippen molar-refractivity contribution in [3.63, 3.8) is 0 Å². The number of benzene rings is 2. The average molecular weight is 271 g/mol. The largest absolute Gasteiger partial charge is 0.489 e. The molecule has 0 aliphatic heterocycles. The minimum atomic E-state index is -0.920. The Bertz CT molecular complexity index is 579. The highest BCUT2D eigenvalue weighted by molar-refractivity contribution is 5.87. The molecule has 0 aliphatic rings. The van der Waals surface area contributed by atoms with Crippen LogP contribution in [0.4, 0.5) is 0 Å². The van der Waals surface area contributed by atoms with Crippen LogP contribution in [0.2, 0.25) is 0 Å². The van der Waals surface area contributed by atoms with Gasteiger partial charge in [0.1, 0.15) is 12.4 Å². The number of carboxylic acid groups (broad SMARTS) is 1. The molecule has 0 aromatic heterocycles. The molecule has 0 atom stereocenters. The Morgan fingerprint density at radius 1 is 1.15 bits per heavy atom. The normalized spacial score (nSPS) is 10.2. The molecule has 0 bridgehead atoms. The van der Waals surface area contributed by atoms with E-state index in [-0.39, 0.29) is 5.56 Å². The van der Waals surface area contributed by atoms with E-state index in [1.807, 2.05) is 31.3 Å². The van der Waals surface area contributed by atoms with Gasteiger partial charge in [0.15, 0.2) is 0 Å². The van der Waals surface area contributed by atoms with E-state index in [9.17, 15) is 4.79 Å². The second-order valence-corrected chi connectivity index (χ2v) is 4.43. The van der Waals surface area contributed by atoms with Gasteiger partial charge < -0.3 is 15.2 Å². The average Bonchev–Trinajstić information content (AvgIpc) is 2.47. The van der Waals surface area contributed by atoms with Gasteiger partial charge in [-0.3, -0.25) is 0 Å². The Balaban J connectivity index is 2.03. The number of hydrogen-bond acceptors (Lipinski definition) is 3. The molecule has 0 aliphatic carbocycles. The molecule has 0 radical (unpaired) electrons. The molecule has 104 valence electrons. The Morgan fingerprint density at radius 3 is 2.50 bits per heavy atom. The summed E-state index contributed by atoms with van der Waals surface area (Å²) in [5.74, 6) is -0.0824. The number of nitrogens with one attached hydrogen (secondary N) is 1. The number of carbonyl (C=O) groups is 1. The Hall–Kier alpha value is -2.33. The van der Waals surface area contributed by atoms with Crippen LogP contribution in [0, 0.1) is 0 Å². The van der Waals surface area contributed by atoms with Crippen LogP contribution in [-0.2, 0) is 13.2 Å². The smallest absolute Gasteiger partial charge is 0.335 e. The molecule has 20 heavy (non-hydrogen) atoms. The zero-order valence-electron chi connectivity index (χ0n) is 11.3. The van der Waals surface area contributed by atoms with Crippen molar-refractivity contribution in [2.75, 3.05) is 7.05 Å². The SMILES string of the molecule is CNCc1ccccc1OCc1ccc(C(=O)O)cc1. The molecule has 2 N–H and O–H groups in total. The topological polar surface area (TPSA) is 58.6 Å². The first-order valence-corrected chi connectivity index (χ1v) is 6.38. The van der Waals surface area contributed by atoms with E-state index in [1.54, 1.807) is 24.3 Å². The Labute approximate surface area is 118 Å². The van der Waals surface area contributed by atoms with Crippen LogP contribution in [-0.4, -0.2) is 18.1 Å². The van der Waals surface area contributed by atoms with Crippen LogP contribution in [0.25, 0.3) is 0 Å². The third kappa shape index (κ3) is 3.59. The first-order chi connectivity index (χ1) is 9.70. The van der Waals surface area contributed by atoms with Gasteiger partial charge in [0.2, 0.25) is 0 Å². The molecule has 0 fully saturated rings. The number of carboxylic acids is 1. The minimum Gasteiger partial charge on any atom is -0.489 e. The first-order valence-electron chi connectivity index (χ1n) is 6.38. The molecule has 4 nitrogen and oxygen atoms in total. The van der Waals surface area contributed by atoms with Gasteiger partial charge in [0.05, 0.1) is 5.56 Å². The number of hydrogen-bond donors (Lipinski definition) is 2. The van der Waals surface area contributed by atoms with E-state index in [1.165, 1.54) is 0 Å². The van der Waals surface area contributed by atoms with Crippen molar-refractivity contribution in [3.05, 3.63) is 65.2 Å². The molecule has 2 aromatic carbocycles.